The van der Waals surface area contributed by atoms with Gasteiger partial charge in [0.1, 0.15) is 0 Å². The zero-order chi connectivity index (χ0) is 13.7. The van der Waals surface area contributed by atoms with Crippen LogP contribution in [0.2, 0.25) is 15.1 Å². The monoisotopic (exact) mass is 314 g/mol. The van der Waals surface area contributed by atoms with Crippen molar-refractivity contribution >= 4 is 46.2 Å². The molecular formula is C14H13Cl3N2. The Kier molecular flexibility index (Phi) is 5.20. The predicted octanol–water partition coefficient (Wildman–Crippen LogP) is 5.17. The van der Waals surface area contributed by atoms with Crippen LogP contribution in [0.3, 0.4) is 0 Å². The van der Waals surface area contributed by atoms with Crippen LogP contribution in [-0.4, -0.2) is 13.1 Å². The highest BCUT2D eigenvalue weighted by Gasteiger charge is 1.99. The minimum atomic E-state index is 0.547. The van der Waals surface area contributed by atoms with Crippen molar-refractivity contribution in [1.29, 1.82) is 0 Å². The minimum Gasteiger partial charge on any atom is -0.383 e. The molecule has 5 heteroatoms. The molecule has 0 saturated heterocycles. The molecule has 0 aliphatic rings. The highest BCUT2D eigenvalue weighted by Crippen LogP contribution is 2.25. The fourth-order valence-electron chi connectivity index (χ4n) is 1.61. The van der Waals surface area contributed by atoms with Crippen molar-refractivity contribution in [3.63, 3.8) is 0 Å². The minimum absolute atomic E-state index is 0.547. The molecule has 0 radical (unpaired) electrons. The van der Waals surface area contributed by atoms with Crippen molar-refractivity contribution < 1.29 is 0 Å². The average Bonchev–Trinajstić information content (AvgIpc) is 2.40. The summed E-state index contributed by atoms with van der Waals surface area (Å²) in [7, 11) is 0. The van der Waals surface area contributed by atoms with Crippen LogP contribution in [0.4, 0.5) is 11.4 Å². The second-order valence-corrected chi connectivity index (χ2v) is 5.18. The van der Waals surface area contributed by atoms with E-state index in [9.17, 15) is 0 Å². The third kappa shape index (κ3) is 4.20. The van der Waals surface area contributed by atoms with Crippen LogP contribution < -0.4 is 10.6 Å². The van der Waals surface area contributed by atoms with E-state index in [-0.39, 0.29) is 0 Å². The zero-order valence-corrected chi connectivity index (χ0v) is 12.4. The van der Waals surface area contributed by atoms with Gasteiger partial charge in [0.15, 0.2) is 0 Å². The first kappa shape index (κ1) is 14.3. The molecule has 0 aliphatic carbocycles. The third-order valence-corrected chi connectivity index (χ3v) is 3.63. The Morgan fingerprint density at radius 1 is 0.737 bits per heavy atom. The van der Waals surface area contributed by atoms with E-state index in [1.165, 1.54) is 0 Å². The van der Waals surface area contributed by atoms with Gasteiger partial charge in [-0.2, -0.15) is 0 Å². The number of nitrogens with one attached hydrogen (secondary N) is 2. The van der Waals surface area contributed by atoms with Gasteiger partial charge in [-0.15, -0.1) is 0 Å². The third-order valence-electron chi connectivity index (χ3n) is 2.56. The fourth-order valence-corrected chi connectivity index (χ4v) is 2.12. The molecule has 19 heavy (non-hydrogen) atoms. The summed E-state index contributed by atoms with van der Waals surface area (Å²) in [6.07, 6.45) is 0. The zero-order valence-electron chi connectivity index (χ0n) is 10.1. The molecule has 0 heterocycles. The highest BCUT2D eigenvalue weighted by atomic mass is 35.5. The standard InChI is InChI=1S/C14H13Cl3N2/c15-11-6-5-10(9-13(11)17)18-7-8-19-14-4-2-1-3-12(14)16/h1-6,9,18-19H,7-8H2. The van der Waals surface area contributed by atoms with Crippen LogP contribution in [0.25, 0.3) is 0 Å². The Hall–Kier alpha value is -1.09. The summed E-state index contributed by atoms with van der Waals surface area (Å²) >= 11 is 17.8. The smallest absolute Gasteiger partial charge is 0.0637 e. The Balaban J connectivity index is 1.81. The molecule has 2 nitrogen and oxygen atoms in total. The molecule has 2 aromatic carbocycles. The maximum Gasteiger partial charge on any atom is 0.0637 e. The molecule has 0 aromatic heterocycles. The van der Waals surface area contributed by atoms with Gasteiger partial charge in [-0.25, -0.2) is 0 Å². The van der Waals surface area contributed by atoms with Crippen molar-refractivity contribution in [2.45, 2.75) is 0 Å². The van der Waals surface area contributed by atoms with Gasteiger partial charge in [-0.05, 0) is 30.3 Å². The molecule has 2 aromatic rings. The largest absolute Gasteiger partial charge is 0.383 e. The molecule has 100 valence electrons. The molecule has 2 N–H and O–H groups in total. The molecule has 0 unspecified atom stereocenters. The van der Waals surface area contributed by atoms with E-state index >= 15 is 0 Å². The molecular weight excluding hydrogens is 303 g/mol. The summed E-state index contributed by atoms with van der Waals surface area (Å²) in [5.41, 5.74) is 1.87. The average molecular weight is 316 g/mol. The second kappa shape index (κ2) is 6.90. The Morgan fingerprint density at radius 2 is 1.47 bits per heavy atom. The molecule has 0 amide bonds. The van der Waals surface area contributed by atoms with Crippen LogP contribution in [0.15, 0.2) is 42.5 Å². The quantitative estimate of drug-likeness (QED) is 0.744. The number of benzene rings is 2. The molecule has 0 aliphatic heterocycles. The number of halogens is 3. The van der Waals surface area contributed by atoms with Gasteiger partial charge in [0.25, 0.3) is 0 Å². The van der Waals surface area contributed by atoms with Crippen LogP contribution >= 0.6 is 34.8 Å². The summed E-state index contributed by atoms with van der Waals surface area (Å²) in [6, 6.07) is 13.1. The molecule has 0 bridgehead atoms. The van der Waals surface area contributed by atoms with Gasteiger partial charge in [-0.1, -0.05) is 46.9 Å². The summed E-state index contributed by atoms with van der Waals surface area (Å²) in [6.45, 7) is 1.51. The van der Waals surface area contributed by atoms with Gasteiger partial charge in [0.05, 0.1) is 20.8 Å². The topological polar surface area (TPSA) is 24.1 Å². The Morgan fingerprint density at radius 3 is 2.21 bits per heavy atom. The molecule has 0 atom stereocenters. The Labute approximate surface area is 127 Å². The first-order valence-corrected chi connectivity index (χ1v) is 6.97. The van der Waals surface area contributed by atoms with E-state index in [0.717, 1.165) is 29.5 Å². The van der Waals surface area contributed by atoms with Gasteiger partial charge in [0, 0.05) is 18.8 Å². The number of para-hydroxylation sites is 1. The second-order valence-electron chi connectivity index (χ2n) is 3.96. The lowest BCUT2D eigenvalue weighted by atomic mass is 10.3. The highest BCUT2D eigenvalue weighted by molar-refractivity contribution is 6.42. The summed E-state index contributed by atoms with van der Waals surface area (Å²) in [4.78, 5) is 0. The fraction of sp³-hybridized carbons (Fsp3) is 0.143. The van der Waals surface area contributed by atoms with Crippen LogP contribution in [0.5, 0.6) is 0 Å². The lowest BCUT2D eigenvalue weighted by Gasteiger charge is -2.10. The van der Waals surface area contributed by atoms with Gasteiger partial charge in [-0.3, -0.25) is 0 Å². The first-order valence-electron chi connectivity index (χ1n) is 5.84. The van der Waals surface area contributed by atoms with E-state index in [4.69, 9.17) is 34.8 Å². The van der Waals surface area contributed by atoms with E-state index in [0.29, 0.717) is 10.0 Å². The van der Waals surface area contributed by atoms with E-state index in [1.54, 1.807) is 12.1 Å². The van der Waals surface area contributed by atoms with Gasteiger partial charge in [0.2, 0.25) is 0 Å². The molecule has 0 saturated carbocycles. The summed E-state index contributed by atoms with van der Waals surface area (Å²) in [5.74, 6) is 0. The van der Waals surface area contributed by atoms with Crippen LogP contribution in [0.1, 0.15) is 0 Å². The van der Waals surface area contributed by atoms with E-state index in [2.05, 4.69) is 10.6 Å². The molecule has 0 fully saturated rings. The number of rotatable bonds is 5. The van der Waals surface area contributed by atoms with Crippen molar-refractivity contribution in [3.8, 4) is 0 Å². The predicted molar refractivity (Wildman–Crippen MR) is 84.9 cm³/mol. The number of anilines is 2. The lowest BCUT2D eigenvalue weighted by molar-refractivity contribution is 1.08. The van der Waals surface area contributed by atoms with Crippen LogP contribution in [0, 0.1) is 0 Å². The summed E-state index contributed by atoms with van der Waals surface area (Å²) in [5, 5.41) is 8.33. The van der Waals surface area contributed by atoms with Crippen molar-refractivity contribution in [1.82, 2.24) is 0 Å². The van der Waals surface area contributed by atoms with Gasteiger partial charge < -0.3 is 10.6 Å². The van der Waals surface area contributed by atoms with Crippen molar-refractivity contribution in [3.05, 3.63) is 57.5 Å². The molecule has 0 spiro atoms. The lowest BCUT2D eigenvalue weighted by Crippen LogP contribution is -2.13. The Bertz CT molecular complexity index is 558. The van der Waals surface area contributed by atoms with Crippen molar-refractivity contribution in [2.24, 2.45) is 0 Å². The van der Waals surface area contributed by atoms with E-state index < -0.39 is 0 Å². The number of hydrogen-bond acceptors (Lipinski definition) is 2. The number of hydrogen-bond donors (Lipinski definition) is 2. The van der Waals surface area contributed by atoms with Gasteiger partial charge >= 0.3 is 0 Å². The maximum absolute atomic E-state index is 6.04. The van der Waals surface area contributed by atoms with Crippen molar-refractivity contribution in [2.75, 3.05) is 23.7 Å². The SMILES string of the molecule is Clc1ccc(NCCNc2ccccc2Cl)cc1Cl. The summed E-state index contributed by atoms with van der Waals surface area (Å²) < 4.78 is 0. The van der Waals surface area contributed by atoms with Crippen LogP contribution in [-0.2, 0) is 0 Å². The van der Waals surface area contributed by atoms with E-state index in [1.807, 2.05) is 30.3 Å². The molecule has 2 rings (SSSR count). The maximum atomic E-state index is 6.04. The first-order chi connectivity index (χ1) is 9.16. The normalized spacial score (nSPS) is 10.3.